The van der Waals surface area contributed by atoms with Crippen LogP contribution in [0, 0.1) is 22.7 Å². The molecule has 342 valence electrons. The number of aliphatic hydroxyl groups is 3. The first-order valence-corrected chi connectivity index (χ1v) is 21.2. The van der Waals surface area contributed by atoms with Gasteiger partial charge in [0, 0.05) is 37.5 Å². The predicted molar refractivity (Wildman–Crippen MR) is 222 cm³/mol. The number of fused-ring (bicyclic) bond motifs is 5. The number of ether oxygens (including phenoxy) is 6. The molecule has 1 saturated heterocycles. The van der Waals surface area contributed by atoms with E-state index in [0.717, 1.165) is 0 Å². The van der Waals surface area contributed by atoms with E-state index in [2.05, 4.69) is 5.32 Å². The molecule has 0 aromatic heterocycles. The molecule has 11 atom stereocenters. The van der Waals surface area contributed by atoms with Gasteiger partial charge in [-0.2, -0.15) is 0 Å². The van der Waals surface area contributed by atoms with Gasteiger partial charge in [0.1, 0.15) is 35.3 Å². The molecule has 63 heavy (non-hydrogen) atoms. The minimum Gasteiger partial charge on any atom is -0.469 e. The van der Waals surface area contributed by atoms with Crippen molar-refractivity contribution in [3.63, 3.8) is 0 Å². The average Bonchev–Trinajstić information content (AvgIpc) is 3.22. The fourth-order valence-corrected chi connectivity index (χ4v) is 10.4. The molecule has 2 aromatic carbocycles. The second-order valence-corrected chi connectivity index (χ2v) is 18.8. The first-order chi connectivity index (χ1) is 29.4. The van der Waals surface area contributed by atoms with Crippen LogP contribution in [-0.4, -0.2) is 112 Å². The summed E-state index contributed by atoms with van der Waals surface area (Å²) in [5, 5.41) is 40.3. The monoisotopic (exact) mass is 877 g/mol. The highest BCUT2D eigenvalue weighted by atomic mass is 16.6. The number of Topliss-reactive ketones (excluding diaryl/α,β-unsaturated/α-hetero) is 1. The Kier molecular flexibility index (Phi) is 13.1. The Balaban J connectivity index is 1.55. The van der Waals surface area contributed by atoms with Crippen molar-refractivity contribution in [2.24, 2.45) is 22.7 Å². The number of amides is 1. The minimum absolute atomic E-state index is 0.0857. The number of carbonyl (C=O) groups excluding carboxylic acids is 6. The third-order valence-electron chi connectivity index (χ3n) is 13.6. The molecule has 0 spiro atoms. The van der Waals surface area contributed by atoms with Gasteiger partial charge in [-0.05, 0) is 69.9 Å². The lowest BCUT2D eigenvalue weighted by molar-refractivity contribution is -0.345. The summed E-state index contributed by atoms with van der Waals surface area (Å²) in [6.07, 6.45) is -9.79. The molecular formula is C47H59NO15. The molecule has 16 heteroatoms. The Hall–Kier alpha value is -5.16. The number of hydrogen-bond donors (Lipinski definition) is 4. The summed E-state index contributed by atoms with van der Waals surface area (Å²) in [6.45, 7) is 12.2. The average molecular weight is 878 g/mol. The number of nitrogens with one attached hydrogen (secondary N) is 1. The highest BCUT2D eigenvalue weighted by Crippen LogP contribution is 2.65. The van der Waals surface area contributed by atoms with E-state index in [0.29, 0.717) is 11.1 Å². The van der Waals surface area contributed by atoms with Crippen LogP contribution in [0.2, 0.25) is 0 Å². The molecule has 6 rings (SSSR count). The number of benzene rings is 2. The van der Waals surface area contributed by atoms with Gasteiger partial charge in [-0.3, -0.25) is 14.4 Å². The van der Waals surface area contributed by atoms with Crippen LogP contribution < -0.4 is 5.32 Å². The van der Waals surface area contributed by atoms with Gasteiger partial charge in [0.15, 0.2) is 11.7 Å². The quantitative estimate of drug-likeness (QED) is 0.139. The Labute approximate surface area is 366 Å². The first kappa shape index (κ1) is 47.3. The lowest BCUT2D eigenvalue weighted by atomic mass is 9.43. The lowest BCUT2D eigenvalue weighted by Crippen LogP contribution is -2.81. The number of ketones is 1. The van der Waals surface area contributed by atoms with Gasteiger partial charge in [-0.15, -0.1) is 0 Å². The summed E-state index contributed by atoms with van der Waals surface area (Å²) in [5.74, 6) is -6.89. The molecule has 3 aliphatic carbocycles. The molecule has 2 unspecified atom stereocenters. The van der Waals surface area contributed by atoms with Gasteiger partial charge in [-0.1, -0.05) is 62.4 Å². The zero-order chi connectivity index (χ0) is 46.4. The molecule has 3 fully saturated rings. The van der Waals surface area contributed by atoms with E-state index in [1.807, 2.05) is 0 Å². The Morgan fingerprint density at radius 1 is 0.968 bits per heavy atom. The standard InChI is InChI=1S/C47H59NO15/c1-25-30(60-41(55)36(52)35(27-16-12-10-13-17-27)48-42(56)63-43(3,4)5)23-47(57)39(61-40(54)28-18-14-11-15-19-28)37-45(8,31(50)22-32-46(37,24-59-32)62-26(2)49)38(53)29(20-21-33(51)58-9)34(25)44(47,6)7/h10-19,29-32,35-37,39,50,52,57H,20-24H2,1-9H3,(H,48,56)/t29-,30+,31+,32-,35+,36-,37?,39?,45-,46+,47-/m1/s1. The molecule has 2 aromatic rings. The van der Waals surface area contributed by atoms with Gasteiger partial charge in [0.25, 0.3) is 0 Å². The van der Waals surface area contributed by atoms with Crippen LogP contribution in [0.15, 0.2) is 71.8 Å². The van der Waals surface area contributed by atoms with Crippen molar-refractivity contribution in [3.8, 4) is 0 Å². The third kappa shape index (κ3) is 8.50. The zero-order valence-electron chi connectivity index (χ0n) is 37.2. The third-order valence-corrected chi connectivity index (χ3v) is 13.6. The second kappa shape index (κ2) is 17.4. The number of alkyl carbamates (subject to hydrolysis) is 1. The topological polar surface area (TPSA) is 231 Å². The summed E-state index contributed by atoms with van der Waals surface area (Å²) >= 11 is 0. The first-order valence-electron chi connectivity index (χ1n) is 21.2. The van der Waals surface area contributed by atoms with E-state index in [1.54, 1.807) is 90.1 Å². The van der Waals surface area contributed by atoms with Crippen LogP contribution in [0.5, 0.6) is 0 Å². The summed E-state index contributed by atoms with van der Waals surface area (Å²) in [5.41, 5.74) is -7.49. The Morgan fingerprint density at radius 3 is 2.14 bits per heavy atom. The van der Waals surface area contributed by atoms with E-state index in [4.69, 9.17) is 28.4 Å². The van der Waals surface area contributed by atoms with Crippen molar-refractivity contribution < 1.29 is 72.5 Å². The number of hydrogen-bond acceptors (Lipinski definition) is 15. The van der Waals surface area contributed by atoms with Crippen molar-refractivity contribution in [2.45, 2.75) is 134 Å². The van der Waals surface area contributed by atoms with E-state index in [-0.39, 0.29) is 37.0 Å². The molecule has 16 nitrogen and oxygen atoms in total. The largest absolute Gasteiger partial charge is 0.469 e. The van der Waals surface area contributed by atoms with Crippen molar-refractivity contribution in [1.29, 1.82) is 0 Å². The highest BCUT2D eigenvalue weighted by molar-refractivity contribution is 5.93. The van der Waals surface area contributed by atoms with E-state index in [1.165, 1.54) is 33.1 Å². The van der Waals surface area contributed by atoms with Gasteiger partial charge in [0.2, 0.25) is 0 Å². The summed E-state index contributed by atoms with van der Waals surface area (Å²) in [6, 6.07) is 14.7. The van der Waals surface area contributed by atoms with E-state index >= 15 is 4.79 Å². The number of carbonyl (C=O) groups is 6. The number of aliphatic hydroxyl groups excluding tert-OH is 2. The summed E-state index contributed by atoms with van der Waals surface area (Å²) in [4.78, 5) is 83.3. The normalized spacial score (nSPS) is 31.8. The zero-order valence-corrected chi connectivity index (χ0v) is 37.2. The predicted octanol–water partition coefficient (Wildman–Crippen LogP) is 4.47. The van der Waals surface area contributed by atoms with Gasteiger partial charge in [-0.25, -0.2) is 14.4 Å². The van der Waals surface area contributed by atoms with Crippen LogP contribution >= 0.6 is 0 Å². The minimum atomic E-state index is -2.32. The van der Waals surface area contributed by atoms with Gasteiger partial charge in [0.05, 0.1) is 42.8 Å². The fraction of sp³-hybridized carbons (Fsp3) is 0.574. The molecule has 1 heterocycles. The second-order valence-electron chi connectivity index (χ2n) is 18.8. The van der Waals surface area contributed by atoms with E-state index in [9.17, 15) is 39.3 Å². The van der Waals surface area contributed by atoms with Crippen molar-refractivity contribution in [1.82, 2.24) is 5.32 Å². The maximum absolute atomic E-state index is 15.7. The lowest BCUT2D eigenvalue weighted by Gasteiger charge is -2.67. The molecule has 1 amide bonds. The van der Waals surface area contributed by atoms with Crippen LogP contribution in [0.4, 0.5) is 4.79 Å². The number of rotatable bonds is 11. The van der Waals surface area contributed by atoms with Gasteiger partial charge < -0.3 is 49.1 Å². The molecule has 1 aliphatic heterocycles. The molecule has 2 saturated carbocycles. The molecular weight excluding hydrogens is 819 g/mol. The molecule has 4 N–H and O–H groups in total. The molecule has 4 aliphatic rings. The van der Waals surface area contributed by atoms with Crippen LogP contribution in [-0.2, 0) is 47.6 Å². The van der Waals surface area contributed by atoms with Gasteiger partial charge >= 0.3 is 30.0 Å². The Bertz CT molecular complexity index is 2130. The fourth-order valence-electron chi connectivity index (χ4n) is 10.4. The summed E-state index contributed by atoms with van der Waals surface area (Å²) in [7, 11) is 1.20. The summed E-state index contributed by atoms with van der Waals surface area (Å²) < 4.78 is 35.0. The maximum atomic E-state index is 15.7. The van der Waals surface area contributed by atoms with Crippen molar-refractivity contribution in [3.05, 3.63) is 82.9 Å². The number of methoxy groups -OCH3 is 1. The Morgan fingerprint density at radius 2 is 1.59 bits per heavy atom. The SMILES string of the molecule is COC(=O)CC[C@H]1C(=O)[C@@]2(C)C(C(OC(=O)c3ccccc3)[C@]3(O)C[C@H](OC(=O)[C@H](O)[C@@H](NC(=O)OC(C)(C)C)c4ccccc4)C(C)=C1C3(C)C)[C@]1(OC(C)=O)CO[C@@H]1C[C@@H]2O. The van der Waals surface area contributed by atoms with Crippen LogP contribution in [0.25, 0.3) is 0 Å². The van der Waals surface area contributed by atoms with Crippen LogP contribution in [0.3, 0.4) is 0 Å². The molecule has 2 bridgehead atoms. The van der Waals surface area contributed by atoms with E-state index < -0.39 is 118 Å². The van der Waals surface area contributed by atoms with Crippen molar-refractivity contribution >= 4 is 35.8 Å². The smallest absolute Gasteiger partial charge is 0.408 e. The van der Waals surface area contributed by atoms with Crippen molar-refractivity contribution in [2.75, 3.05) is 13.7 Å². The van der Waals surface area contributed by atoms with Crippen LogP contribution in [0.1, 0.15) is 103 Å². The maximum Gasteiger partial charge on any atom is 0.408 e. The number of esters is 4. The molecule has 0 radical (unpaired) electrons. The highest BCUT2D eigenvalue weighted by Gasteiger charge is 2.78.